The molecular formula is C33H55N5O9S2. The molecule has 2 aliphatic heterocycles. The predicted octanol–water partition coefficient (Wildman–Crippen LogP) is 4.31. The second kappa shape index (κ2) is 14.8. The topological polar surface area (TPSA) is 189 Å². The Hall–Kier alpha value is -2.82. The molecule has 0 spiro atoms. The van der Waals surface area contributed by atoms with Crippen molar-refractivity contribution in [3.8, 4) is 0 Å². The monoisotopic (exact) mass is 729 g/mol. The second-order valence-corrected chi connectivity index (χ2v) is 21.2. The number of carbonyl (C=O) groups is 2. The largest absolute Gasteiger partial charge is 0.381 e. The minimum absolute atomic E-state index is 0.153. The third kappa shape index (κ3) is 9.50. The molecule has 2 saturated heterocycles. The van der Waals surface area contributed by atoms with Crippen molar-refractivity contribution in [1.29, 1.82) is 0 Å². The number of amides is 2. The molecule has 2 N–H and O–H groups in total. The number of aromatic nitrogens is 3. The lowest BCUT2D eigenvalue weighted by molar-refractivity contribution is -0.118. The number of anilines is 2. The summed E-state index contributed by atoms with van der Waals surface area (Å²) < 4.78 is 65.4. The number of nitrogens with zero attached hydrogens (tertiary/aromatic N) is 3. The normalized spacial score (nSPS) is 18.5. The van der Waals surface area contributed by atoms with Gasteiger partial charge in [0, 0.05) is 49.8 Å². The minimum Gasteiger partial charge on any atom is -0.381 e. The summed E-state index contributed by atoms with van der Waals surface area (Å²) in [7, 11) is -5.59. The molecule has 2 aliphatic rings. The molecule has 0 aliphatic carbocycles. The van der Waals surface area contributed by atoms with Crippen molar-refractivity contribution >= 4 is 43.1 Å². The van der Waals surface area contributed by atoms with Crippen LogP contribution in [-0.4, -0.2) is 90.0 Å². The summed E-state index contributed by atoms with van der Waals surface area (Å²) in [5.74, 6) is -0.00976. The molecule has 1 unspecified atom stereocenters. The third-order valence-corrected chi connectivity index (χ3v) is 14.5. The first-order valence-electron chi connectivity index (χ1n) is 16.6. The van der Waals surface area contributed by atoms with Crippen LogP contribution in [0.25, 0.3) is 0 Å². The lowest BCUT2D eigenvalue weighted by atomic mass is 9.92. The molecule has 2 fully saturated rings. The number of aryl methyl sites for hydroxylation is 1. The molecule has 4 rings (SSSR count). The van der Waals surface area contributed by atoms with E-state index in [0.29, 0.717) is 50.7 Å². The Morgan fingerprint density at radius 3 is 1.92 bits per heavy atom. The Morgan fingerprint density at radius 2 is 1.43 bits per heavy atom. The second-order valence-electron chi connectivity index (χ2n) is 15.8. The first-order valence-corrected chi connectivity index (χ1v) is 19.8. The van der Waals surface area contributed by atoms with Crippen molar-refractivity contribution in [3.63, 3.8) is 0 Å². The van der Waals surface area contributed by atoms with Crippen molar-refractivity contribution in [1.82, 2.24) is 14.9 Å². The van der Waals surface area contributed by atoms with Gasteiger partial charge in [-0.15, -0.1) is 0 Å². The van der Waals surface area contributed by atoms with Crippen LogP contribution in [0, 0.1) is 0 Å². The summed E-state index contributed by atoms with van der Waals surface area (Å²) in [5, 5.41) is 12.9. The average Bonchev–Trinajstić information content (AvgIpc) is 3.75. The SMILES string of the molecule is CC(C)(C)c1cc(NC(=O)C(C)(C)S(=O)(=O)CC2CCCO2)no1.Cn1nc(C(C)(C)C)cc1NC(=O)C(C)(C)S(=O)(=O)C1CCOCC1. The molecule has 0 radical (unpaired) electrons. The van der Waals surface area contributed by atoms with Gasteiger partial charge in [0.05, 0.1) is 22.8 Å². The van der Waals surface area contributed by atoms with Gasteiger partial charge in [0.2, 0.25) is 11.8 Å². The van der Waals surface area contributed by atoms with E-state index < -0.39 is 46.2 Å². The summed E-state index contributed by atoms with van der Waals surface area (Å²) >= 11 is 0. The Labute approximate surface area is 291 Å². The maximum absolute atomic E-state index is 12.9. The summed E-state index contributed by atoms with van der Waals surface area (Å²) in [6.07, 6.45) is 2.08. The number of nitrogens with one attached hydrogen (secondary N) is 2. The molecule has 16 heteroatoms. The molecule has 49 heavy (non-hydrogen) atoms. The van der Waals surface area contributed by atoms with E-state index in [-0.39, 0.29) is 28.5 Å². The van der Waals surface area contributed by atoms with E-state index >= 15 is 0 Å². The fraction of sp³-hybridized carbons (Fsp3) is 0.758. The molecule has 2 amide bonds. The molecule has 1 atom stereocenters. The first kappa shape index (κ1) is 40.6. The van der Waals surface area contributed by atoms with Crippen LogP contribution in [0.4, 0.5) is 11.6 Å². The summed E-state index contributed by atoms with van der Waals surface area (Å²) in [5.41, 5.74) is 0.414. The standard InChI is InChI=1S/C17H29N3O4S.C16H26N2O5S/c1-16(2,3)13-11-14(20(6)19-13)18-15(21)17(4,5)25(22,23)12-7-9-24-10-8-12;1-15(2,3)12-9-13(18-23-12)17-14(19)16(4,5)24(20,21)10-11-7-6-8-22-11/h11-12H,7-10H2,1-6H3,(H,18,21);9,11H,6-8,10H2,1-5H3,(H,17,18,19). The van der Waals surface area contributed by atoms with Gasteiger partial charge < -0.3 is 24.6 Å². The van der Waals surface area contributed by atoms with Gasteiger partial charge in [-0.25, -0.2) is 16.8 Å². The van der Waals surface area contributed by atoms with Crippen molar-refractivity contribution in [2.75, 3.05) is 36.2 Å². The Balaban J connectivity index is 0.000000266. The molecule has 2 aromatic rings. The summed E-state index contributed by atoms with van der Waals surface area (Å²) in [6.45, 7) is 19.1. The molecule has 2 aromatic heterocycles. The maximum atomic E-state index is 12.9. The van der Waals surface area contributed by atoms with Crippen LogP contribution in [0.2, 0.25) is 0 Å². The molecule has 4 heterocycles. The molecule has 0 saturated carbocycles. The number of hydrogen-bond donors (Lipinski definition) is 2. The zero-order chi connectivity index (χ0) is 37.2. The van der Waals surface area contributed by atoms with E-state index in [1.807, 2.05) is 41.5 Å². The van der Waals surface area contributed by atoms with E-state index in [1.165, 1.54) is 27.7 Å². The molecule has 0 bridgehead atoms. The fourth-order valence-electron chi connectivity index (χ4n) is 5.07. The third-order valence-electron chi connectivity index (χ3n) is 9.00. The zero-order valence-corrected chi connectivity index (χ0v) is 32.4. The highest BCUT2D eigenvalue weighted by molar-refractivity contribution is 7.94. The van der Waals surface area contributed by atoms with E-state index in [2.05, 4.69) is 20.9 Å². The van der Waals surface area contributed by atoms with E-state index in [0.717, 1.165) is 12.1 Å². The highest BCUT2D eigenvalue weighted by Crippen LogP contribution is 2.30. The molecular weight excluding hydrogens is 675 g/mol. The highest BCUT2D eigenvalue weighted by Gasteiger charge is 2.47. The van der Waals surface area contributed by atoms with Crippen LogP contribution in [0.15, 0.2) is 16.7 Å². The van der Waals surface area contributed by atoms with Crippen molar-refractivity contribution in [3.05, 3.63) is 23.6 Å². The zero-order valence-electron chi connectivity index (χ0n) is 30.8. The lowest BCUT2D eigenvalue weighted by Gasteiger charge is -2.31. The average molecular weight is 730 g/mol. The van der Waals surface area contributed by atoms with Gasteiger partial charge in [0.15, 0.2) is 25.5 Å². The molecule has 0 aromatic carbocycles. The maximum Gasteiger partial charge on any atom is 0.246 e. The summed E-state index contributed by atoms with van der Waals surface area (Å²) in [4.78, 5) is 25.3. The number of rotatable bonds is 9. The van der Waals surface area contributed by atoms with Crippen molar-refractivity contribution in [2.45, 2.75) is 127 Å². The van der Waals surface area contributed by atoms with Gasteiger partial charge in [-0.1, -0.05) is 46.7 Å². The van der Waals surface area contributed by atoms with Gasteiger partial charge in [-0.2, -0.15) is 5.10 Å². The van der Waals surface area contributed by atoms with Crippen LogP contribution in [0.3, 0.4) is 0 Å². The van der Waals surface area contributed by atoms with Crippen molar-refractivity contribution < 1.29 is 40.4 Å². The quantitative estimate of drug-likeness (QED) is 0.374. The molecule has 14 nitrogen and oxygen atoms in total. The fourth-order valence-corrected chi connectivity index (χ4v) is 8.53. The first-order chi connectivity index (χ1) is 22.3. The number of ether oxygens (including phenoxy) is 2. The lowest BCUT2D eigenvalue weighted by Crippen LogP contribution is -2.50. The minimum atomic E-state index is -3.68. The highest BCUT2D eigenvalue weighted by atomic mass is 32.2. The van der Waals surface area contributed by atoms with Gasteiger partial charge >= 0.3 is 0 Å². The number of carbonyl (C=O) groups excluding carboxylic acids is 2. The van der Waals surface area contributed by atoms with E-state index in [9.17, 15) is 26.4 Å². The van der Waals surface area contributed by atoms with Crippen molar-refractivity contribution in [2.24, 2.45) is 7.05 Å². The summed E-state index contributed by atoms with van der Waals surface area (Å²) in [6, 6.07) is 3.40. The Kier molecular flexibility index (Phi) is 12.3. The van der Waals surface area contributed by atoms with E-state index in [4.69, 9.17) is 14.0 Å². The van der Waals surface area contributed by atoms with Gasteiger partial charge in [0.25, 0.3) is 0 Å². The van der Waals surface area contributed by atoms with E-state index in [1.54, 1.807) is 23.9 Å². The van der Waals surface area contributed by atoms with Crippen LogP contribution >= 0.6 is 0 Å². The van der Waals surface area contributed by atoms with Gasteiger partial charge in [-0.3, -0.25) is 14.3 Å². The predicted molar refractivity (Wildman–Crippen MR) is 188 cm³/mol. The number of sulfone groups is 2. The van der Waals surface area contributed by atoms with Gasteiger partial charge in [0.1, 0.15) is 21.1 Å². The van der Waals surface area contributed by atoms with Crippen LogP contribution in [0.1, 0.15) is 106 Å². The Bertz CT molecular complexity index is 1680. The van der Waals surface area contributed by atoms with Gasteiger partial charge in [-0.05, 0) is 53.4 Å². The van der Waals surface area contributed by atoms with Crippen LogP contribution in [0.5, 0.6) is 0 Å². The number of hydrogen-bond acceptors (Lipinski definition) is 11. The van der Waals surface area contributed by atoms with Crippen LogP contribution < -0.4 is 10.6 Å². The molecule has 278 valence electrons. The van der Waals surface area contributed by atoms with Crippen LogP contribution in [-0.2, 0) is 56.6 Å². The Morgan fingerprint density at radius 1 is 0.837 bits per heavy atom. The smallest absolute Gasteiger partial charge is 0.246 e.